The minimum absolute atomic E-state index is 0.121. The zero-order chi connectivity index (χ0) is 13.5. The third-order valence-electron chi connectivity index (χ3n) is 2.20. The Bertz CT molecular complexity index is 420. The maximum Gasteiger partial charge on any atom is 0.363 e. The van der Waals surface area contributed by atoms with Crippen molar-refractivity contribution in [1.29, 1.82) is 0 Å². The van der Waals surface area contributed by atoms with Crippen molar-refractivity contribution < 1.29 is 19.6 Å². The highest BCUT2D eigenvalue weighted by Gasteiger charge is 2.12. The predicted molar refractivity (Wildman–Crippen MR) is 62.4 cm³/mol. The molecule has 2 N–H and O–H groups in total. The number of aliphatic carboxylic acids is 1. The molecule has 0 aliphatic heterocycles. The van der Waals surface area contributed by atoms with E-state index in [1.54, 1.807) is 0 Å². The van der Waals surface area contributed by atoms with Gasteiger partial charge in [-0.3, -0.25) is 4.79 Å². The number of rotatable bonds is 7. The Labute approximate surface area is 103 Å². The fourth-order valence-electron chi connectivity index (χ4n) is 1.26. The van der Waals surface area contributed by atoms with Crippen molar-refractivity contribution in [3.05, 3.63) is 28.4 Å². The molecule has 0 radical (unpaired) electrons. The summed E-state index contributed by atoms with van der Waals surface area (Å²) in [5, 5.41) is 21.9. The van der Waals surface area contributed by atoms with Crippen molar-refractivity contribution in [3.63, 3.8) is 0 Å². The summed E-state index contributed by atoms with van der Waals surface area (Å²) in [6.07, 6.45) is 0.716. The molecule has 0 aliphatic carbocycles. The number of ether oxygens (including phenoxy) is 1. The topological polar surface area (TPSA) is 115 Å². The van der Waals surface area contributed by atoms with Gasteiger partial charge in [0.1, 0.15) is 0 Å². The number of aromatic nitrogens is 1. The summed E-state index contributed by atoms with van der Waals surface area (Å²) in [6.45, 7) is 0.280. The molecule has 0 aromatic carbocycles. The summed E-state index contributed by atoms with van der Waals surface area (Å²) in [5.41, 5.74) is 0.563. The first kappa shape index (κ1) is 13.8. The maximum atomic E-state index is 10.5. The van der Waals surface area contributed by atoms with Crippen LogP contribution in [0, 0.1) is 10.1 Å². The molecule has 98 valence electrons. The molecule has 1 aromatic rings. The Hall–Kier alpha value is -2.22. The number of hydrogen-bond donors (Lipinski definition) is 2. The number of carboxylic acids is 1. The highest BCUT2D eigenvalue weighted by molar-refractivity contribution is 5.67. The van der Waals surface area contributed by atoms with E-state index in [1.807, 2.05) is 0 Å². The van der Waals surface area contributed by atoms with Gasteiger partial charge < -0.3 is 25.3 Å². The number of nitrogens with one attached hydrogen (secondary N) is 1. The Morgan fingerprint density at radius 1 is 1.67 bits per heavy atom. The van der Waals surface area contributed by atoms with E-state index in [1.165, 1.54) is 25.4 Å². The van der Waals surface area contributed by atoms with Crippen LogP contribution in [0.15, 0.2) is 18.3 Å². The number of pyridine rings is 1. The number of anilines is 1. The van der Waals surface area contributed by atoms with Gasteiger partial charge in [0.2, 0.25) is 0 Å². The minimum Gasteiger partial charge on any atom is -0.481 e. The van der Waals surface area contributed by atoms with Crippen molar-refractivity contribution in [3.8, 4) is 0 Å². The number of nitrogens with zero attached hydrogens (tertiary/aromatic N) is 2. The van der Waals surface area contributed by atoms with Gasteiger partial charge in [0.15, 0.2) is 6.20 Å². The number of nitro groups is 1. The zero-order valence-corrected chi connectivity index (χ0v) is 9.70. The van der Waals surface area contributed by atoms with Gasteiger partial charge in [-0.05, 0) is 16.0 Å². The third-order valence-corrected chi connectivity index (χ3v) is 2.20. The van der Waals surface area contributed by atoms with E-state index in [4.69, 9.17) is 9.84 Å². The van der Waals surface area contributed by atoms with Crippen molar-refractivity contribution >= 4 is 17.5 Å². The molecule has 8 nitrogen and oxygen atoms in total. The monoisotopic (exact) mass is 255 g/mol. The first-order valence-corrected chi connectivity index (χ1v) is 5.12. The Kier molecular flexibility index (Phi) is 5.00. The predicted octanol–water partition coefficient (Wildman–Crippen LogP) is 0.891. The molecule has 0 saturated carbocycles. The molecule has 1 unspecified atom stereocenters. The fraction of sp³-hybridized carbons (Fsp3) is 0.400. The third kappa shape index (κ3) is 4.34. The molecular weight excluding hydrogens is 242 g/mol. The standard InChI is InChI=1S/C10H13N3O5/c1-18-8(4-10(14)15)6-11-7-2-3-9(12-5-7)13(16)17/h2-3,5,8,11H,4,6H2,1H3,(H,14,15). The van der Waals surface area contributed by atoms with Crippen LogP contribution in [0.2, 0.25) is 0 Å². The molecule has 0 aliphatic rings. The Morgan fingerprint density at radius 2 is 2.39 bits per heavy atom. The smallest absolute Gasteiger partial charge is 0.363 e. The molecule has 0 saturated heterocycles. The number of hydrogen-bond acceptors (Lipinski definition) is 6. The van der Waals surface area contributed by atoms with E-state index < -0.39 is 17.0 Å². The van der Waals surface area contributed by atoms with E-state index in [0.29, 0.717) is 5.69 Å². The van der Waals surface area contributed by atoms with Crippen molar-refractivity contribution in [2.75, 3.05) is 19.0 Å². The van der Waals surface area contributed by atoms with Crippen molar-refractivity contribution in [2.45, 2.75) is 12.5 Å². The van der Waals surface area contributed by atoms with Crippen LogP contribution in [-0.2, 0) is 9.53 Å². The van der Waals surface area contributed by atoms with Crippen molar-refractivity contribution in [2.24, 2.45) is 0 Å². The van der Waals surface area contributed by atoms with E-state index in [0.717, 1.165) is 0 Å². The lowest BCUT2D eigenvalue weighted by atomic mass is 10.2. The van der Waals surface area contributed by atoms with Gasteiger partial charge in [0.25, 0.3) is 0 Å². The van der Waals surface area contributed by atoms with Crippen LogP contribution in [0.4, 0.5) is 11.5 Å². The second-order valence-corrected chi connectivity index (χ2v) is 3.50. The van der Waals surface area contributed by atoms with Gasteiger partial charge in [0, 0.05) is 19.7 Å². The summed E-state index contributed by atoms with van der Waals surface area (Å²) in [6, 6.07) is 2.76. The highest BCUT2D eigenvalue weighted by Crippen LogP contribution is 2.11. The summed E-state index contributed by atoms with van der Waals surface area (Å²) in [5.74, 6) is -1.19. The molecule has 0 fully saturated rings. The number of methoxy groups -OCH3 is 1. The molecular formula is C10H13N3O5. The molecule has 1 atom stereocenters. The second-order valence-electron chi connectivity index (χ2n) is 3.50. The van der Waals surface area contributed by atoms with Crippen LogP contribution in [0.1, 0.15) is 6.42 Å². The molecule has 1 aromatic heterocycles. The molecule has 0 amide bonds. The zero-order valence-electron chi connectivity index (χ0n) is 9.70. The van der Waals surface area contributed by atoms with Gasteiger partial charge in [-0.25, -0.2) is 0 Å². The number of carboxylic acid groups (broad SMARTS) is 1. The quantitative estimate of drug-likeness (QED) is 0.549. The molecule has 8 heteroatoms. The maximum absolute atomic E-state index is 10.5. The van der Waals surface area contributed by atoms with Gasteiger partial charge in [-0.15, -0.1) is 0 Å². The van der Waals surface area contributed by atoms with Crippen LogP contribution < -0.4 is 5.32 Å². The largest absolute Gasteiger partial charge is 0.481 e. The lowest BCUT2D eigenvalue weighted by Crippen LogP contribution is -2.25. The Balaban J connectivity index is 2.52. The second kappa shape index (κ2) is 6.50. The Morgan fingerprint density at radius 3 is 2.83 bits per heavy atom. The van der Waals surface area contributed by atoms with Gasteiger partial charge >= 0.3 is 11.8 Å². The average Bonchev–Trinajstić information content (AvgIpc) is 2.34. The minimum atomic E-state index is -0.953. The molecule has 1 rings (SSSR count). The highest BCUT2D eigenvalue weighted by atomic mass is 16.6. The lowest BCUT2D eigenvalue weighted by Gasteiger charge is -2.13. The lowest BCUT2D eigenvalue weighted by molar-refractivity contribution is -0.389. The molecule has 18 heavy (non-hydrogen) atoms. The van der Waals surface area contributed by atoms with Gasteiger partial charge in [0.05, 0.1) is 18.2 Å². The van der Waals surface area contributed by atoms with Crippen LogP contribution in [-0.4, -0.2) is 40.7 Å². The summed E-state index contributed by atoms with van der Waals surface area (Å²) >= 11 is 0. The SMILES string of the molecule is COC(CNc1ccc([N+](=O)[O-])nc1)CC(=O)O. The summed E-state index contributed by atoms with van der Waals surface area (Å²) in [4.78, 5) is 23.9. The van der Waals surface area contributed by atoms with Gasteiger partial charge in [-0.1, -0.05) is 0 Å². The van der Waals surface area contributed by atoms with Crippen molar-refractivity contribution in [1.82, 2.24) is 4.98 Å². The summed E-state index contributed by atoms with van der Waals surface area (Å²) < 4.78 is 4.97. The first-order chi connectivity index (χ1) is 8.52. The first-order valence-electron chi connectivity index (χ1n) is 5.12. The van der Waals surface area contributed by atoms with Crippen LogP contribution in [0.5, 0.6) is 0 Å². The molecule has 1 heterocycles. The molecule has 0 spiro atoms. The van der Waals surface area contributed by atoms with E-state index in [-0.39, 0.29) is 18.8 Å². The van der Waals surface area contributed by atoms with E-state index >= 15 is 0 Å². The fourth-order valence-corrected chi connectivity index (χ4v) is 1.26. The summed E-state index contributed by atoms with van der Waals surface area (Å²) in [7, 11) is 1.42. The van der Waals surface area contributed by atoms with Crippen LogP contribution in [0.3, 0.4) is 0 Å². The normalized spacial score (nSPS) is 11.8. The number of carbonyl (C=O) groups is 1. The van der Waals surface area contributed by atoms with E-state index in [9.17, 15) is 14.9 Å². The van der Waals surface area contributed by atoms with E-state index in [2.05, 4.69) is 10.3 Å². The van der Waals surface area contributed by atoms with Crippen LogP contribution in [0.25, 0.3) is 0 Å². The van der Waals surface area contributed by atoms with Gasteiger partial charge in [-0.2, -0.15) is 0 Å². The van der Waals surface area contributed by atoms with Crippen LogP contribution >= 0.6 is 0 Å². The molecule has 0 bridgehead atoms. The average molecular weight is 255 g/mol.